The molecule has 0 unspecified atom stereocenters. The van der Waals surface area contributed by atoms with Gasteiger partial charge in [-0.15, -0.1) is 0 Å². The van der Waals surface area contributed by atoms with E-state index in [1.165, 1.54) is 33.8 Å². The number of anilines is 1. The van der Waals surface area contributed by atoms with Crippen molar-refractivity contribution in [1.29, 1.82) is 0 Å². The molecule has 1 N–H and O–H groups in total. The summed E-state index contributed by atoms with van der Waals surface area (Å²) in [6.45, 7) is 8.59. The maximum Gasteiger partial charge on any atom is 0.174 e. The Hall–Kier alpha value is -4.42. The number of nitrogens with one attached hydrogen (secondary N) is 1. The monoisotopic (exact) mass is 544 g/mol. The van der Waals surface area contributed by atoms with Gasteiger partial charge in [0.2, 0.25) is 0 Å². The first-order valence-electron chi connectivity index (χ1n) is 13.5. The average molecular weight is 545 g/mol. The number of hydrogen-bond donors (Lipinski definition) is 1. The van der Waals surface area contributed by atoms with Gasteiger partial charge in [0.15, 0.2) is 5.11 Å². The number of aromatic nitrogens is 2. The van der Waals surface area contributed by atoms with Gasteiger partial charge in [0.1, 0.15) is 11.5 Å². The molecule has 6 heteroatoms. The van der Waals surface area contributed by atoms with Crippen molar-refractivity contribution in [2.75, 3.05) is 4.90 Å². The molecule has 0 saturated carbocycles. The third kappa shape index (κ3) is 4.75. The summed E-state index contributed by atoms with van der Waals surface area (Å²) in [7, 11) is 0. The number of pyridine rings is 1. The standard InChI is InChI=1S/C34H32N4OS/c1-22-12-16-27(17-13-22)39-28-18-14-26(15-19-28)38-33(32(36-34(38)40)30-10-7-8-20-35-30)29-21-24(3)37(25(29)4)31-11-6-5-9-23(31)2/h5-21,32-33H,1-4H3,(H,36,40)/t32-,33-/m1/s1. The first kappa shape index (κ1) is 25.8. The van der Waals surface area contributed by atoms with Gasteiger partial charge in [-0.25, -0.2) is 0 Å². The Morgan fingerprint density at radius 2 is 1.48 bits per heavy atom. The van der Waals surface area contributed by atoms with Crippen molar-refractivity contribution in [3.8, 4) is 17.2 Å². The summed E-state index contributed by atoms with van der Waals surface area (Å²) in [5, 5.41) is 4.26. The summed E-state index contributed by atoms with van der Waals surface area (Å²) in [5.74, 6) is 1.59. The number of rotatable bonds is 6. The molecule has 0 amide bonds. The molecule has 3 aromatic carbocycles. The number of nitrogens with zero attached hydrogens (tertiary/aromatic N) is 3. The largest absolute Gasteiger partial charge is 0.457 e. The van der Waals surface area contributed by atoms with Crippen LogP contribution in [0.25, 0.3) is 5.69 Å². The lowest BCUT2D eigenvalue weighted by atomic mass is 9.96. The molecule has 5 nitrogen and oxygen atoms in total. The smallest absolute Gasteiger partial charge is 0.174 e. The molecule has 0 bridgehead atoms. The summed E-state index contributed by atoms with van der Waals surface area (Å²) < 4.78 is 8.44. The molecular weight excluding hydrogens is 512 g/mol. The fraction of sp³-hybridized carbons (Fsp3) is 0.176. The zero-order chi connectivity index (χ0) is 27.8. The third-order valence-electron chi connectivity index (χ3n) is 7.61. The molecule has 1 aliphatic heterocycles. The lowest BCUT2D eigenvalue weighted by Gasteiger charge is -2.28. The minimum Gasteiger partial charge on any atom is -0.457 e. The Morgan fingerprint density at radius 3 is 2.15 bits per heavy atom. The van der Waals surface area contributed by atoms with Crippen LogP contribution in [0.4, 0.5) is 5.69 Å². The zero-order valence-electron chi connectivity index (χ0n) is 23.1. The van der Waals surface area contributed by atoms with Gasteiger partial charge in [-0.2, -0.15) is 0 Å². The molecule has 0 aliphatic carbocycles. The van der Waals surface area contributed by atoms with Crippen LogP contribution in [-0.2, 0) is 0 Å². The fourth-order valence-electron chi connectivity index (χ4n) is 5.64. The highest BCUT2D eigenvalue weighted by Crippen LogP contribution is 2.44. The first-order valence-corrected chi connectivity index (χ1v) is 13.9. The van der Waals surface area contributed by atoms with Gasteiger partial charge in [-0.3, -0.25) is 4.98 Å². The van der Waals surface area contributed by atoms with Gasteiger partial charge in [0, 0.05) is 29.0 Å². The van der Waals surface area contributed by atoms with E-state index in [4.69, 9.17) is 21.9 Å². The quantitative estimate of drug-likeness (QED) is 0.219. The fourth-order valence-corrected chi connectivity index (χ4v) is 5.98. The van der Waals surface area contributed by atoms with E-state index < -0.39 is 0 Å². The Kier molecular flexibility index (Phi) is 6.86. The number of hydrogen-bond acceptors (Lipinski definition) is 3. The van der Waals surface area contributed by atoms with Crippen LogP contribution in [0.1, 0.15) is 45.9 Å². The Bertz CT molecular complexity index is 1660. The van der Waals surface area contributed by atoms with Crippen LogP contribution in [-0.4, -0.2) is 14.7 Å². The zero-order valence-corrected chi connectivity index (χ0v) is 23.9. The summed E-state index contributed by atoms with van der Waals surface area (Å²) in [6.07, 6.45) is 1.84. The number of thiocarbonyl (C=S) groups is 1. The van der Waals surface area contributed by atoms with Gasteiger partial charge in [-0.05, 0) is 112 Å². The van der Waals surface area contributed by atoms with Crippen molar-refractivity contribution in [2.45, 2.75) is 39.8 Å². The van der Waals surface area contributed by atoms with E-state index in [-0.39, 0.29) is 12.1 Å². The van der Waals surface area contributed by atoms with Crippen molar-refractivity contribution in [1.82, 2.24) is 14.9 Å². The van der Waals surface area contributed by atoms with Crippen molar-refractivity contribution >= 4 is 23.0 Å². The molecule has 2 aromatic heterocycles. The molecule has 3 heterocycles. The molecule has 1 saturated heterocycles. The van der Waals surface area contributed by atoms with Crippen molar-refractivity contribution < 1.29 is 4.74 Å². The van der Waals surface area contributed by atoms with Crippen LogP contribution in [0, 0.1) is 27.7 Å². The second-order valence-electron chi connectivity index (χ2n) is 10.4. The van der Waals surface area contributed by atoms with Gasteiger partial charge in [0.05, 0.1) is 17.8 Å². The molecule has 0 radical (unpaired) electrons. The number of para-hydroxylation sites is 1. The molecule has 0 spiro atoms. The highest BCUT2D eigenvalue weighted by molar-refractivity contribution is 7.80. The molecular formula is C34H32N4OS. The first-order chi connectivity index (χ1) is 19.4. The normalized spacial score (nSPS) is 16.7. The van der Waals surface area contributed by atoms with E-state index in [1.807, 2.05) is 54.7 Å². The number of benzene rings is 3. The highest BCUT2D eigenvalue weighted by atomic mass is 32.1. The molecule has 40 heavy (non-hydrogen) atoms. The van der Waals surface area contributed by atoms with E-state index in [1.54, 1.807) is 0 Å². The van der Waals surface area contributed by atoms with E-state index in [0.717, 1.165) is 22.9 Å². The van der Waals surface area contributed by atoms with Gasteiger partial charge in [0.25, 0.3) is 0 Å². The van der Waals surface area contributed by atoms with Crippen molar-refractivity contribution in [3.63, 3.8) is 0 Å². The SMILES string of the molecule is Cc1ccc(Oc2ccc(N3C(=S)N[C@H](c4ccccn4)[C@H]3c3cc(C)n(-c4ccccc4C)c3C)cc2)cc1. The lowest BCUT2D eigenvalue weighted by molar-refractivity contribution is 0.482. The van der Waals surface area contributed by atoms with Crippen LogP contribution in [0.3, 0.4) is 0 Å². The summed E-state index contributed by atoms with van der Waals surface area (Å²) >= 11 is 5.97. The average Bonchev–Trinajstić information content (AvgIpc) is 3.46. The van der Waals surface area contributed by atoms with Crippen LogP contribution < -0.4 is 15.0 Å². The van der Waals surface area contributed by atoms with E-state index in [0.29, 0.717) is 5.11 Å². The number of aryl methyl sites for hydroxylation is 3. The number of ether oxygens (including phenoxy) is 1. The Balaban J connectivity index is 1.41. The van der Waals surface area contributed by atoms with E-state index >= 15 is 0 Å². The summed E-state index contributed by atoms with van der Waals surface area (Å²) in [5.41, 5.74) is 9.16. The maximum absolute atomic E-state index is 6.10. The van der Waals surface area contributed by atoms with Gasteiger partial charge in [-0.1, -0.05) is 42.0 Å². The van der Waals surface area contributed by atoms with Crippen LogP contribution >= 0.6 is 12.2 Å². The van der Waals surface area contributed by atoms with Gasteiger partial charge < -0.3 is 19.5 Å². The molecule has 5 aromatic rings. The minimum absolute atomic E-state index is 0.0877. The van der Waals surface area contributed by atoms with Crippen LogP contribution in [0.2, 0.25) is 0 Å². The molecule has 6 rings (SSSR count). The van der Waals surface area contributed by atoms with Crippen molar-refractivity contribution in [2.24, 2.45) is 0 Å². The summed E-state index contributed by atoms with van der Waals surface area (Å²) in [6, 6.07) is 32.9. The second kappa shape index (κ2) is 10.6. The molecule has 1 fully saturated rings. The predicted octanol–water partition coefficient (Wildman–Crippen LogP) is 8.08. The topological polar surface area (TPSA) is 42.3 Å². The van der Waals surface area contributed by atoms with Crippen LogP contribution in [0.5, 0.6) is 11.5 Å². The third-order valence-corrected chi connectivity index (χ3v) is 7.93. The lowest BCUT2D eigenvalue weighted by Crippen LogP contribution is -2.29. The van der Waals surface area contributed by atoms with Crippen molar-refractivity contribution in [3.05, 3.63) is 137 Å². The highest BCUT2D eigenvalue weighted by Gasteiger charge is 2.42. The Labute approximate surface area is 241 Å². The Morgan fingerprint density at radius 1 is 0.800 bits per heavy atom. The summed E-state index contributed by atoms with van der Waals surface area (Å²) in [4.78, 5) is 6.94. The van der Waals surface area contributed by atoms with E-state index in [9.17, 15) is 0 Å². The molecule has 1 aliphatic rings. The van der Waals surface area contributed by atoms with E-state index in [2.05, 4.69) is 91.0 Å². The second-order valence-corrected chi connectivity index (χ2v) is 10.7. The molecule has 2 atom stereocenters. The molecule has 200 valence electrons. The predicted molar refractivity (Wildman–Crippen MR) is 166 cm³/mol. The van der Waals surface area contributed by atoms with Gasteiger partial charge >= 0.3 is 0 Å². The maximum atomic E-state index is 6.10. The van der Waals surface area contributed by atoms with Crippen LogP contribution in [0.15, 0.2) is 103 Å². The minimum atomic E-state index is -0.108.